The first-order valence-electron chi connectivity index (χ1n) is 2.85. The Balaban J connectivity index is 2.50. The molecule has 0 aliphatic carbocycles. The van der Waals surface area contributed by atoms with E-state index in [0.29, 0.717) is 5.41 Å². The van der Waals surface area contributed by atoms with Crippen molar-refractivity contribution in [3.05, 3.63) is 0 Å². The summed E-state index contributed by atoms with van der Waals surface area (Å²) in [5, 5.41) is 2.96. The van der Waals surface area contributed by atoms with Crippen LogP contribution in [0.15, 0.2) is 4.99 Å². The van der Waals surface area contributed by atoms with E-state index in [2.05, 4.69) is 30.5 Å². The first kappa shape index (κ1) is 5.60. The molecule has 45 valence electrons. The maximum Gasteiger partial charge on any atom is 0.164 e. The van der Waals surface area contributed by atoms with Crippen LogP contribution in [0.2, 0.25) is 0 Å². The molecule has 0 aromatic rings. The molecular weight excluding hydrogens is 100 g/mol. The van der Waals surface area contributed by atoms with Gasteiger partial charge in [0.1, 0.15) is 0 Å². The fourth-order valence-corrected chi connectivity index (χ4v) is 0.644. The van der Waals surface area contributed by atoms with E-state index in [1.165, 1.54) is 0 Å². The summed E-state index contributed by atoms with van der Waals surface area (Å²) in [5.41, 5.74) is 0.339. The molecule has 1 radical (unpaired) electrons. The van der Waals surface area contributed by atoms with Crippen molar-refractivity contribution < 1.29 is 0 Å². The molecule has 2 heteroatoms. The van der Waals surface area contributed by atoms with Crippen LogP contribution in [0.25, 0.3) is 0 Å². The molecule has 0 atom stereocenters. The minimum atomic E-state index is 0.339. The minimum Gasteiger partial charge on any atom is -0.367 e. The molecule has 0 unspecified atom stereocenters. The van der Waals surface area contributed by atoms with Crippen LogP contribution in [0.4, 0.5) is 0 Å². The third kappa shape index (κ3) is 1.22. The van der Waals surface area contributed by atoms with E-state index in [-0.39, 0.29) is 0 Å². The number of nitrogens with zero attached hydrogens (tertiary/aromatic N) is 1. The zero-order valence-corrected chi connectivity index (χ0v) is 5.36. The van der Waals surface area contributed by atoms with Gasteiger partial charge < -0.3 is 5.32 Å². The van der Waals surface area contributed by atoms with Gasteiger partial charge in [0.25, 0.3) is 0 Å². The smallest absolute Gasteiger partial charge is 0.164 e. The molecule has 2 nitrogen and oxygen atoms in total. The molecule has 1 heterocycles. The molecular formula is C6H11N2. The molecule has 1 aliphatic rings. The Morgan fingerprint density at radius 2 is 2.38 bits per heavy atom. The van der Waals surface area contributed by atoms with Crippen LogP contribution in [0.1, 0.15) is 13.8 Å². The molecule has 0 saturated heterocycles. The summed E-state index contributed by atoms with van der Waals surface area (Å²) in [5.74, 6) is 0. The summed E-state index contributed by atoms with van der Waals surface area (Å²) in [6.45, 7) is 6.27. The molecule has 0 aromatic carbocycles. The average molecular weight is 111 g/mol. The van der Waals surface area contributed by atoms with Crippen LogP contribution in [-0.4, -0.2) is 19.4 Å². The van der Waals surface area contributed by atoms with Crippen molar-refractivity contribution >= 4 is 6.34 Å². The van der Waals surface area contributed by atoms with Gasteiger partial charge in [0.15, 0.2) is 6.34 Å². The normalized spacial score (nSPS) is 24.8. The highest BCUT2D eigenvalue weighted by Gasteiger charge is 2.18. The lowest BCUT2D eigenvalue weighted by Gasteiger charge is -2.24. The van der Waals surface area contributed by atoms with E-state index in [4.69, 9.17) is 0 Å². The SMILES string of the molecule is CC1(C)CN=[C]NC1. The van der Waals surface area contributed by atoms with E-state index in [1.807, 2.05) is 0 Å². The fourth-order valence-electron chi connectivity index (χ4n) is 0.644. The Labute approximate surface area is 50.0 Å². The van der Waals surface area contributed by atoms with Crippen molar-refractivity contribution in [2.45, 2.75) is 13.8 Å². The molecule has 1 N–H and O–H groups in total. The highest BCUT2D eigenvalue weighted by atomic mass is 15.0. The zero-order valence-electron chi connectivity index (χ0n) is 5.36. The van der Waals surface area contributed by atoms with E-state index < -0.39 is 0 Å². The van der Waals surface area contributed by atoms with Gasteiger partial charge in [-0.25, -0.2) is 0 Å². The lowest BCUT2D eigenvalue weighted by Crippen LogP contribution is -2.35. The van der Waals surface area contributed by atoms with E-state index in [1.54, 1.807) is 0 Å². The lowest BCUT2D eigenvalue weighted by molar-refractivity contribution is 0.365. The van der Waals surface area contributed by atoms with Crippen LogP contribution in [0.3, 0.4) is 0 Å². The van der Waals surface area contributed by atoms with E-state index in [0.717, 1.165) is 13.1 Å². The molecule has 0 fully saturated rings. The van der Waals surface area contributed by atoms with Gasteiger partial charge in [-0.3, -0.25) is 4.99 Å². The second kappa shape index (κ2) is 1.77. The first-order chi connectivity index (χ1) is 3.71. The number of hydrogen-bond acceptors (Lipinski definition) is 2. The summed E-state index contributed by atoms with van der Waals surface area (Å²) in [6.07, 6.45) is 2.72. The Morgan fingerprint density at radius 1 is 1.62 bits per heavy atom. The Kier molecular flexibility index (Phi) is 1.24. The van der Waals surface area contributed by atoms with Crippen molar-refractivity contribution in [2.24, 2.45) is 10.4 Å². The second-order valence-corrected chi connectivity index (χ2v) is 2.95. The van der Waals surface area contributed by atoms with Gasteiger partial charge in [-0.2, -0.15) is 0 Å². The molecule has 8 heavy (non-hydrogen) atoms. The summed E-state index contributed by atoms with van der Waals surface area (Å²) in [7, 11) is 0. The van der Waals surface area contributed by atoms with Crippen LogP contribution >= 0.6 is 0 Å². The molecule has 0 spiro atoms. The third-order valence-corrected chi connectivity index (χ3v) is 1.23. The van der Waals surface area contributed by atoms with E-state index >= 15 is 0 Å². The van der Waals surface area contributed by atoms with Gasteiger partial charge >= 0.3 is 0 Å². The van der Waals surface area contributed by atoms with Crippen molar-refractivity contribution in [3.63, 3.8) is 0 Å². The standard InChI is InChI=1S/C6H11N2/c1-6(2)3-7-5-8-4-6/h3-4H2,1-2H3,(H,7,8). The van der Waals surface area contributed by atoms with Gasteiger partial charge in [0.2, 0.25) is 0 Å². The number of rotatable bonds is 0. The monoisotopic (exact) mass is 111 g/mol. The van der Waals surface area contributed by atoms with Gasteiger partial charge in [-0.15, -0.1) is 0 Å². The summed E-state index contributed by atoms with van der Waals surface area (Å²) >= 11 is 0. The van der Waals surface area contributed by atoms with Crippen LogP contribution in [0.5, 0.6) is 0 Å². The highest BCUT2D eigenvalue weighted by molar-refractivity contribution is 5.55. The maximum atomic E-state index is 3.97. The Bertz CT molecular complexity index is 105. The van der Waals surface area contributed by atoms with Gasteiger partial charge in [0, 0.05) is 18.5 Å². The maximum absolute atomic E-state index is 3.97. The summed E-state index contributed by atoms with van der Waals surface area (Å²) < 4.78 is 0. The summed E-state index contributed by atoms with van der Waals surface area (Å²) in [4.78, 5) is 3.97. The molecule has 0 bridgehead atoms. The second-order valence-electron chi connectivity index (χ2n) is 2.95. The van der Waals surface area contributed by atoms with E-state index in [9.17, 15) is 0 Å². The number of hydrogen-bond donors (Lipinski definition) is 1. The molecule has 1 aliphatic heterocycles. The van der Waals surface area contributed by atoms with Gasteiger partial charge in [-0.1, -0.05) is 13.8 Å². The topological polar surface area (TPSA) is 24.4 Å². The van der Waals surface area contributed by atoms with Gasteiger partial charge in [-0.05, 0) is 0 Å². The molecule has 0 amide bonds. The number of aliphatic imine (C=N–C) groups is 1. The minimum absolute atomic E-state index is 0.339. The quantitative estimate of drug-likeness (QED) is 0.484. The predicted molar refractivity (Wildman–Crippen MR) is 34.1 cm³/mol. The Morgan fingerprint density at radius 3 is 2.62 bits per heavy atom. The average Bonchev–Trinajstić information content (AvgIpc) is 1.65. The number of nitrogens with one attached hydrogen (secondary N) is 1. The predicted octanol–water partition coefficient (Wildman–Crippen LogP) is 0.521. The third-order valence-electron chi connectivity index (χ3n) is 1.23. The molecule has 1 rings (SSSR count). The summed E-state index contributed by atoms with van der Waals surface area (Å²) in [6, 6.07) is 0. The Hall–Kier alpha value is -0.530. The zero-order chi connectivity index (χ0) is 6.04. The van der Waals surface area contributed by atoms with Gasteiger partial charge in [0.05, 0.1) is 0 Å². The van der Waals surface area contributed by atoms with Crippen molar-refractivity contribution in [3.8, 4) is 0 Å². The van der Waals surface area contributed by atoms with Crippen LogP contribution < -0.4 is 5.32 Å². The van der Waals surface area contributed by atoms with Crippen LogP contribution in [0, 0.1) is 5.41 Å². The lowest BCUT2D eigenvalue weighted by atomic mass is 9.93. The first-order valence-corrected chi connectivity index (χ1v) is 2.85. The van der Waals surface area contributed by atoms with Crippen molar-refractivity contribution in [2.75, 3.05) is 13.1 Å². The fraction of sp³-hybridized carbons (Fsp3) is 0.833. The molecule has 0 saturated carbocycles. The largest absolute Gasteiger partial charge is 0.367 e. The molecule has 0 aromatic heterocycles. The van der Waals surface area contributed by atoms with Crippen molar-refractivity contribution in [1.82, 2.24) is 5.32 Å². The van der Waals surface area contributed by atoms with Crippen LogP contribution in [-0.2, 0) is 0 Å². The highest BCUT2D eigenvalue weighted by Crippen LogP contribution is 2.14. The van der Waals surface area contributed by atoms with Crippen molar-refractivity contribution in [1.29, 1.82) is 0 Å².